The minimum atomic E-state index is 0.856. The Morgan fingerprint density at radius 3 is 1.66 bits per heavy atom. The van der Waals surface area contributed by atoms with Gasteiger partial charge in [0.15, 0.2) is 0 Å². The molecule has 0 bridgehead atoms. The summed E-state index contributed by atoms with van der Waals surface area (Å²) < 4.78 is 13.2. The van der Waals surface area contributed by atoms with E-state index in [-0.39, 0.29) is 0 Å². The lowest BCUT2D eigenvalue weighted by atomic mass is 9.93. The number of para-hydroxylation sites is 2. The maximum absolute atomic E-state index is 7.00. The maximum atomic E-state index is 7.00. The van der Waals surface area contributed by atoms with E-state index >= 15 is 0 Å². The van der Waals surface area contributed by atoms with Crippen molar-refractivity contribution in [1.29, 1.82) is 0 Å². The molecule has 2 heterocycles. The molecule has 0 radical (unpaired) electrons. The number of nitrogens with zero attached hydrogens (tertiary/aromatic N) is 1. The lowest BCUT2D eigenvalue weighted by molar-refractivity contribution is 0.669. The van der Waals surface area contributed by atoms with Crippen molar-refractivity contribution in [3.63, 3.8) is 0 Å². The second-order valence-electron chi connectivity index (χ2n) is 13.7. The highest BCUT2D eigenvalue weighted by Crippen LogP contribution is 2.47. The van der Waals surface area contributed by atoms with Crippen molar-refractivity contribution in [3.8, 4) is 22.3 Å². The third-order valence-electron chi connectivity index (χ3n) is 10.6. The van der Waals surface area contributed by atoms with Gasteiger partial charge in [0, 0.05) is 44.4 Å². The molecule has 0 unspecified atom stereocenters. The van der Waals surface area contributed by atoms with Crippen molar-refractivity contribution in [2.75, 3.05) is 4.90 Å². The summed E-state index contributed by atoms with van der Waals surface area (Å²) in [6.07, 6.45) is 0. The third kappa shape index (κ3) is 4.68. The first-order valence-electron chi connectivity index (χ1n) is 18.0. The van der Waals surface area contributed by atoms with Gasteiger partial charge >= 0.3 is 0 Å². The van der Waals surface area contributed by atoms with E-state index in [9.17, 15) is 0 Å². The van der Waals surface area contributed by atoms with Crippen LogP contribution in [0.25, 0.3) is 87.7 Å². The predicted molar refractivity (Wildman–Crippen MR) is 222 cm³/mol. The summed E-state index contributed by atoms with van der Waals surface area (Å²) in [7, 11) is 0. The zero-order valence-corrected chi connectivity index (χ0v) is 28.7. The molecule has 0 saturated carbocycles. The van der Waals surface area contributed by atoms with Crippen LogP contribution in [0.2, 0.25) is 0 Å². The van der Waals surface area contributed by atoms with Gasteiger partial charge in [0.05, 0.1) is 5.69 Å². The van der Waals surface area contributed by atoms with Crippen LogP contribution in [0.5, 0.6) is 0 Å². The van der Waals surface area contributed by atoms with E-state index in [0.717, 1.165) is 88.6 Å². The van der Waals surface area contributed by atoms with Gasteiger partial charge in [-0.05, 0) is 86.9 Å². The van der Waals surface area contributed by atoms with E-state index < -0.39 is 0 Å². The number of hydrogen-bond acceptors (Lipinski definition) is 3. The molecular formula is C50H31NO2. The minimum absolute atomic E-state index is 0.856. The van der Waals surface area contributed by atoms with Crippen LogP contribution in [0.15, 0.2) is 197 Å². The van der Waals surface area contributed by atoms with Crippen LogP contribution < -0.4 is 4.90 Å². The average molecular weight is 678 g/mol. The molecular weight excluding hydrogens is 647 g/mol. The van der Waals surface area contributed by atoms with Gasteiger partial charge in [-0.3, -0.25) is 0 Å². The highest BCUT2D eigenvalue weighted by molar-refractivity contribution is 6.32. The van der Waals surface area contributed by atoms with E-state index in [1.54, 1.807) is 0 Å². The van der Waals surface area contributed by atoms with Gasteiger partial charge in [0.1, 0.15) is 22.3 Å². The Labute approximate surface area is 305 Å². The van der Waals surface area contributed by atoms with Crippen LogP contribution in [-0.2, 0) is 0 Å². The lowest BCUT2D eigenvalue weighted by Crippen LogP contribution is -2.10. The fourth-order valence-electron chi connectivity index (χ4n) is 8.22. The van der Waals surface area contributed by atoms with Crippen LogP contribution in [0.1, 0.15) is 0 Å². The number of fused-ring (bicyclic) bond motifs is 11. The van der Waals surface area contributed by atoms with Crippen molar-refractivity contribution in [2.45, 2.75) is 0 Å². The van der Waals surface area contributed by atoms with Gasteiger partial charge in [-0.2, -0.15) is 0 Å². The maximum Gasteiger partial charge on any atom is 0.143 e. The van der Waals surface area contributed by atoms with Gasteiger partial charge in [0.25, 0.3) is 0 Å². The van der Waals surface area contributed by atoms with Crippen LogP contribution in [-0.4, -0.2) is 0 Å². The summed E-state index contributed by atoms with van der Waals surface area (Å²) in [6.45, 7) is 0. The molecule has 3 nitrogen and oxygen atoms in total. The standard InChI is InChI=1S/C50H31NO2/c1-3-13-33(14-4-1)44-30-37(31-47-48(44)49-42-20-9-7-17-38(42)39-18-8-10-21-43(39)50(49)53-47)51(35-15-5-2-6-16-35)36-26-23-32(24-27-36)34-25-28-41-40-19-11-12-22-45(40)52-46(41)29-34/h1-31H. The first kappa shape index (κ1) is 29.6. The Kier molecular flexibility index (Phi) is 6.55. The Morgan fingerprint density at radius 2 is 0.887 bits per heavy atom. The van der Waals surface area contributed by atoms with Crippen LogP contribution in [0.4, 0.5) is 17.1 Å². The molecule has 9 aromatic carbocycles. The van der Waals surface area contributed by atoms with E-state index in [1.165, 1.54) is 16.2 Å². The topological polar surface area (TPSA) is 29.5 Å². The molecule has 11 rings (SSSR count). The number of anilines is 3. The van der Waals surface area contributed by atoms with E-state index in [2.05, 4.69) is 181 Å². The smallest absolute Gasteiger partial charge is 0.143 e. The molecule has 0 aliphatic heterocycles. The quantitative estimate of drug-likeness (QED) is 0.170. The summed E-state index contributed by atoms with van der Waals surface area (Å²) in [5, 5.41) is 9.29. The molecule has 248 valence electrons. The number of furan rings is 2. The molecule has 53 heavy (non-hydrogen) atoms. The Balaban J connectivity index is 1.12. The molecule has 0 aliphatic carbocycles. The fourth-order valence-corrected chi connectivity index (χ4v) is 8.22. The van der Waals surface area contributed by atoms with Crippen LogP contribution in [0.3, 0.4) is 0 Å². The largest absolute Gasteiger partial charge is 0.456 e. The molecule has 0 fully saturated rings. The van der Waals surface area contributed by atoms with E-state index in [1.807, 2.05) is 12.1 Å². The number of rotatable bonds is 5. The summed E-state index contributed by atoms with van der Waals surface area (Å²) in [4.78, 5) is 2.32. The second kappa shape index (κ2) is 11.7. The molecule has 0 atom stereocenters. The predicted octanol–water partition coefficient (Wildman–Crippen LogP) is 14.6. The molecule has 0 saturated heterocycles. The molecule has 0 N–H and O–H groups in total. The van der Waals surface area contributed by atoms with Crippen LogP contribution >= 0.6 is 0 Å². The number of hydrogen-bond donors (Lipinski definition) is 0. The molecule has 0 spiro atoms. The first-order chi connectivity index (χ1) is 26.3. The summed E-state index contributed by atoms with van der Waals surface area (Å²) in [5.74, 6) is 0. The highest BCUT2D eigenvalue weighted by atomic mass is 16.3. The summed E-state index contributed by atoms with van der Waals surface area (Å²) in [6, 6.07) is 66.6. The van der Waals surface area contributed by atoms with Crippen molar-refractivity contribution in [2.24, 2.45) is 0 Å². The van der Waals surface area contributed by atoms with Gasteiger partial charge in [-0.25, -0.2) is 0 Å². The van der Waals surface area contributed by atoms with Crippen molar-refractivity contribution < 1.29 is 8.83 Å². The normalized spacial score (nSPS) is 11.8. The Bertz CT molecular complexity index is 3160. The van der Waals surface area contributed by atoms with Crippen molar-refractivity contribution in [1.82, 2.24) is 0 Å². The average Bonchev–Trinajstić information content (AvgIpc) is 3.81. The Hall–Kier alpha value is -7.10. The van der Waals surface area contributed by atoms with Gasteiger partial charge in [-0.15, -0.1) is 0 Å². The monoisotopic (exact) mass is 677 g/mol. The highest BCUT2D eigenvalue weighted by Gasteiger charge is 2.22. The SMILES string of the molecule is c1ccc(-c2cc(N(c3ccccc3)c3ccc(-c4ccc5c(c4)oc4ccccc45)cc3)cc3oc4c5ccccc5c5ccccc5c4c23)cc1. The van der Waals surface area contributed by atoms with E-state index in [0.29, 0.717) is 0 Å². The third-order valence-corrected chi connectivity index (χ3v) is 10.6. The zero-order valence-electron chi connectivity index (χ0n) is 28.7. The van der Waals surface area contributed by atoms with Gasteiger partial charge in [-0.1, -0.05) is 133 Å². The molecule has 2 aromatic heterocycles. The van der Waals surface area contributed by atoms with Crippen molar-refractivity contribution in [3.05, 3.63) is 188 Å². The second-order valence-corrected chi connectivity index (χ2v) is 13.7. The van der Waals surface area contributed by atoms with Gasteiger partial charge in [0.2, 0.25) is 0 Å². The molecule has 11 aromatic rings. The lowest BCUT2D eigenvalue weighted by Gasteiger charge is -2.26. The first-order valence-corrected chi connectivity index (χ1v) is 18.0. The van der Waals surface area contributed by atoms with Crippen LogP contribution in [0, 0.1) is 0 Å². The molecule has 3 heteroatoms. The molecule has 0 amide bonds. The number of benzene rings is 9. The van der Waals surface area contributed by atoms with Crippen molar-refractivity contribution >= 4 is 82.5 Å². The molecule has 0 aliphatic rings. The van der Waals surface area contributed by atoms with E-state index in [4.69, 9.17) is 8.83 Å². The Morgan fingerprint density at radius 1 is 0.302 bits per heavy atom. The minimum Gasteiger partial charge on any atom is -0.456 e. The summed E-state index contributed by atoms with van der Waals surface area (Å²) >= 11 is 0. The van der Waals surface area contributed by atoms with Gasteiger partial charge < -0.3 is 13.7 Å². The summed E-state index contributed by atoms with van der Waals surface area (Å²) in [5.41, 5.74) is 11.2. The fraction of sp³-hybridized carbons (Fsp3) is 0. The zero-order chi connectivity index (χ0) is 34.9.